The van der Waals surface area contributed by atoms with Crippen molar-refractivity contribution < 1.29 is 18.0 Å². The number of carbonyl (C=O) groups excluding carboxylic acids is 1. The molecule has 100 valence electrons. The van der Waals surface area contributed by atoms with Gasteiger partial charge in [0.05, 0.1) is 16.3 Å². The van der Waals surface area contributed by atoms with Crippen LogP contribution >= 0.6 is 27.7 Å². The second-order valence-electron chi connectivity index (χ2n) is 3.51. The number of anilines is 1. The molecule has 1 N–H and O–H groups in total. The van der Waals surface area contributed by atoms with Gasteiger partial charge in [-0.3, -0.25) is 4.79 Å². The fourth-order valence-electron chi connectivity index (χ4n) is 1.09. The molecule has 1 unspecified atom stereocenters. The highest BCUT2D eigenvalue weighted by Crippen LogP contribution is 2.32. The number of carbonyl (C=O) groups is 1. The predicted molar refractivity (Wildman–Crippen MR) is 70.2 cm³/mol. The molecule has 0 aliphatic heterocycles. The minimum Gasteiger partial charge on any atom is -0.324 e. The van der Waals surface area contributed by atoms with Gasteiger partial charge in [0.15, 0.2) is 0 Å². The van der Waals surface area contributed by atoms with E-state index in [1.807, 2.05) is 0 Å². The number of halogens is 4. The third-order valence-corrected chi connectivity index (χ3v) is 3.45. The maximum Gasteiger partial charge on any atom is 0.398 e. The number of hydrogen-bond donors (Lipinski definition) is 1. The van der Waals surface area contributed by atoms with Crippen molar-refractivity contribution in [3.63, 3.8) is 0 Å². The number of alkyl halides is 4. The van der Waals surface area contributed by atoms with Crippen LogP contribution in [0.1, 0.15) is 6.92 Å². The first kappa shape index (κ1) is 15.4. The summed E-state index contributed by atoms with van der Waals surface area (Å²) in [4.78, 5) is 11.5. The Morgan fingerprint density at radius 2 is 2.06 bits per heavy atom. The molecule has 1 amide bonds. The average Bonchev–Trinajstić information content (AvgIpc) is 2.26. The van der Waals surface area contributed by atoms with E-state index in [4.69, 9.17) is 0 Å². The maximum absolute atomic E-state index is 12.1. The third-order valence-electron chi connectivity index (χ3n) is 1.90. The zero-order valence-electron chi connectivity index (χ0n) is 9.42. The zero-order valence-corrected chi connectivity index (χ0v) is 11.8. The lowest BCUT2D eigenvalue weighted by molar-refractivity contribution is -0.115. The molecular formula is C11H11BrF3NOS. The number of hydrogen-bond acceptors (Lipinski definition) is 2. The molecule has 1 rings (SSSR count). The van der Waals surface area contributed by atoms with Crippen molar-refractivity contribution in [2.45, 2.75) is 22.8 Å². The van der Waals surface area contributed by atoms with Crippen molar-refractivity contribution in [2.24, 2.45) is 0 Å². The highest BCUT2D eigenvalue weighted by molar-refractivity contribution is 9.10. The number of para-hydroxylation sites is 1. The van der Waals surface area contributed by atoms with Gasteiger partial charge in [-0.25, -0.2) is 0 Å². The molecule has 0 aliphatic carbocycles. The Morgan fingerprint density at radius 3 is 2.61 bits per heavy atom. The molecule has 0 fully saturated rings. The number of amides is 1. The molecule has 0 saturated heterocycles. The summed E-state index contributed by atoms with van der Waals surface area (Å²) in [5, 5.41) is 2.57. The van der Waals surface area contributed by atoms with Crippen LogP contribution in [-0.2, 0) is 4.79 Å². The van der Waals surface area contributed by atoms with Gasteiger partial charge in [-0.1, -0.05) is 28.1 Å². The van der Waals surface area contributed by atoms with E-state index in [2.05, 4.69) is 21.2 Å². The van der Waals surface area contributed by atoms with Crippen LogP contribution in [0.25, 0.3) is 0 Å². The summed E-state index contributed by atoms with van der Waals surface area (Å²) in [5.74, 6) is -1.28. The quantitative estimate of drug-likeness (QED) is 0.660. The van der Waals surface area contributed by atoms with Crippen molar-refractivity contribution in [2.75, 3.05) is 11.1 Å². The first-order valence-electron chi connectivity index (χ1n) is 5.03. The van der Waals surface area contributed by atoms with Crippen LogP contribution in [0.5, 0.6) is 0 Å². The van der Waals surface area contributed by atoms with E-state index in [1.54, 1.807) is 31.2 Å². The van der Waals surface area contributed by atoms with Crippen molar-refractivity contribution >= 4 is 39.3 Å². The molecule has 0 bridgehead atoms. The van der Waals surface area contributed by atoms with Gasteiger partial charge in [-0.15, -0.1) is 11.8 Å². The molecule has 0 saturated carbocycles. The monoisotopic (exact) mass is 341 g/mol. The molecule has 18 heavy (non-hydrogen) atoms. The minimum atomic E-state index is -4.23. The van der Waals surface area contributed by atoms with Crippen LogP contribution in [0.3, 0.4) is 0 Å². The third kappa shape index (κ3) is 5.30. The summed E-state index contributed by atoms with van der Waals surface area (Å²) in [6, 6.07) is 6.41. The van der Waals surface area contributed by atoms with Crippen LogP contribution in [0.2, 0.25) is 0 Å². The van der Waals surface area contributed by atoms with E-state index < -0.39 is 16.8 Å². The van der Waals surface area contributed by atoms with E-state index in [1.165, 1.54) is 0 Å². The Morgan fingerprint density at radius 1 is 1.44 bits per heavy atom. The smallest absolute Gasteiger partial charge is 0.324 e. The summed E-state index contributed by atoms with van der Waals surface area (Å²) in [6.45, 7) is 1.64. The highest BCUT2D eigenvalue weighted by atomic mass is 79.9. The van der Waals surface area contributed by atoms with Crippen molar-refractivity contribution in [1.82, 2.24) is 0 Å². The molecule has 2 nitrogen and oxygen atoms in total. The minimum absolute atomic E-state index is 0.296. The lowest BCUT2D eigenvalue weighted by Crippen LogP contribution is -2.20. The maximum atomic E-state index is 12.1. The average molecular weight is 342 g/mol. The van der Waals surface area contributed by atoms with Crippen LogP contribution in [0.4, 0.5) is 18.9 Å². The normalized spacial score (nSPS) is 13.2. The van der Waals surface area contributed by atoms with Gasteiger partial charge in [0.2, 0.25) is 5.91 Å². The molecule has 0 aliphatic rings. The molecule has 1 aromatic carbocycles. The molecular weight excluding hydrogens is 331 g/mol. The van der Waals surface area contributed by atoms with E-state index in [9.17, 15) is 18.0 Å². The van der Waals surface area contributed by atoms with Crippen LogP contribution in [-0.4, -0.2) is 22.7 Å². The van der Waals surface area contributed by atoms with Gasteiger partial charge < -0.3 is 5.32 Å². The van der Waals surface area contributed by atoms with Crippen LogP contribution < -0.4 is 5.32 Å². The molecule has 7 heteroatoms. The Kier molecular flexibility index (Phi) is 5.52. The summed E-state index contributed by atoms with van der Waals surface area (Å²) in [6.07, 6.45) is -4.23. The zero-order chi connectivity index (χ0) is 13.8. The second kappa shape index (κ2) is 6.47. The Balaban J connectivity index is 2.77. The van der Waals surface area contributed by atoms with Crippen LogP contribution in [0, 0.1) is 0 Å². The molecule has 0 radical (unpaired) electrons. The number of nitrogens with one attached hydrogen (secondary N) is 1. The largest absolute Gasteiger partial charge is 0.398 e. The Hall–Kier alpha value is -0.690. The molecule has 1 aromatic rings. The highest BCUT2D eigenvalue weighted by Gasteiger charge is 2.27. The molecule has 0 aromatic heterocycles. The lowest BCUT2D eigenvalue weighted by atomic mass is 10.3. The van der Waals surface area contributed by atoms with E-state index in [-0.39, 0.29) is 5.91 Å². The standard InChI is InChI=1S/C11H11BrF3NOS/c1-7(12)10(17)16-8-4-2-3-5-9(8)18-6-11(13,14)15/h2-5,7H,6H2,1H3,(H,16,17). The van der Waals surface area contributed by atoms with Gasteiger partial charge in [0.1, 0.15) is 0 Å². The van der Waals surface area contributed by atoms with Gasteiger partial charge in [0.25, 0.3) is 0 Å². The number of rotatable bonds is 4. The SMILES string of the molecule is CC(Br)C(=O)Nc1ccccc1SCC(F)(F)F. The van der Waals surface area contributed by atoms with E-state index in [0.29, 0.717) is 22.3 Å². The van der Waals surface area contributed by atoms with Crippen molar-refractivity contribution in [1.29, 1.82) is 0 Å². The second-order valence-corrected chi connectivity index (χ2v) is 5.90. The number of benzene rings is 1. The van der Waals surface area contributed by atoms with Crippen molar-refractivity contribution in [3.05, 3.63) is 24.3 Å². The van der Waals surface area contributed by atoms with E-state index >= 15 is 0 Å². The molecule has 1 atom stereocenters. The fraction of sp³-hybridized carbons (Fsp3) is 0.364. The van der Waals surface area contributed by atoms with Gasteiger partial charge in [-0.05, 0) is 19.1 Å². The Bertz CT molecular complexity index is 423. The number of thioether (sulfide) groups is 1. The summed E-state index contributed by atoms with van der Waals surface area (Å²) < 4.78 is 36.4. The summed E-state index contributed by atoms with van der Waals surface area (Å²) >= 11 is 3.75. The fourth-order valence-corrected chi connectivity index (χ4v) is 1.97. The topological polar surface area (TPSA) is 29.1 Å². The summed E-state index contributed by atoms with van der Waals surface area (Å²) in [5.41, 5.74) is 0.392. The van der Waals surface area contributed by atoms with E-state index in [0.717, 1.165) is 0 Å². The van der Waals surface area contributed by atoms with Gasteiger partial charge in [0, 0.05) is 4.90 Å². The molecule has 0 spiro atoms. The van der Waals surface area contributed by atoms with Crippen LogP contribution in [0.15, 0.2) is 29.2 Å². The predicted octanol–water partition coefficient (Wildman–Crippen LogP) is 4.06. The van der Waals surface area contributed by atoms with Gasteiger partial charge in [-0.2, -0.15) is 13.2 Å². The lowest BCUT2D eigenvalue weighted by Gasteiger charge is -2.12. The first-order valence-corrected chi connectivity index (χ1v) is 6.93. The molecule has 0 heterocycles. The summed E-state index contributed by atoms with van der Waals surface area (Å²) in [7, 11) is 0. The first-order chi connectivity index (χ1) is 8.29. The van der Waals surface area contributed by atoms with Gasteiger partial charge >= 0.3 is 6.18 Å². The van der Waals surface area contributed by atoms with Crippen molar-refractivity contribution in [3.8, 4) is 0 Å². The Labute approximate surface area is 115 Å².